The van der Waals surface area contributed by atoms with Crippen LogP contribution in [0.5, 0.6) is 0 Å². The zero-order valence-electron chi connectivity index (χ0n) is 12.0. The summed E-state index contributed by atoms with van der Waals surface area (Å²) in [5, 5.41) is 10.3. The molecule has 0 saturated carbocycles. The van der Waals surface area contributed by atoms with Crippen molar-refractivity contribution in [1.82, 2.24) is 4.98 Å². The molecule has 0 bridgehead atoms. The second-order valence-electron chi connectivity index (χ2n) is 5.33. The van der Waals surface area contributed by atoms with Gasteiger partial charge >= 0.3 is 5.97 Å². The Morgan fingerprint density at radius 3 is 3.05 bits per heavy atom. The van der Waals surface area contributed by atoms with Crippen molar-refractivity contribution in [2.45, 2.75) is 19.4 Å². The number of hydrogen-bond donors (Lipinski definition) is 1. The van der Waals surface area contributed by atoms with E-state index in [4.69, 9.17) is 4.74 Å². The summed E-state index contributed by atoms with van der Waals surface area (Å²) in [5.41, 5.74) is 1.72. The van der Waals surface area contributed by atoms with Crippen molar-refractivity contribution in [3.8, 4) is 0 Å². The van der Waals surface area contributed by atoms with Crippen molar-refractivity contribution in [3.63, 3.8) is 0 Å². The van der Waals surface area contributed by atoms with Crippen molar-refractivity contribution < 1.29 is 14.6 Å². The average molecular weight is 286 g/mol. The number of carboxylic acids is 1. The lowest BCUT2D eigenvalue weighted by molar-refractivity contribution is 0.0691. The van der Waals surface area contributed by atoms with E-state index >= 15 is 0 Å². The fourth-order valence-corrected chi connectivity index (χ4v) is 2.74. The van der Waals surface area contributed by atoms with Crippen molar-refractivity contribution in [1.29, 1.82) is 0 Å². The van der Waals surface area contributed by atoms with Crippen LogP contribution in [0.2, 0.25) is 0 Å². The summed E-state index contributed by atoms with van der Waals surface area (Å²) in [5.74, 6) is -0.999. The predicted molar refractivity (Wildman–Crippen MR) is 80.9 cm³/mol. The van der Waals surface area contributed by atoms with E-state index in [0.29, 0.717) is 5.52 Å². The topological polar surface area (TPSA) is 62.7 Å². The van der Waals surface area contributed by atoms with Crippen molar-refractivity contribution in [2.24, 2.45) is 0 Å². The van der Waals surface area contributed by atoms with Gasteiger partial charge in [0.1, 0.15) is 0 Å². The molecule has 0 spiro atoms. The molecular weight excluding hydrogens is 268 g/mol. The van der Waals surface area contributed by atoms with Crippen molar-refractivity contribution in [2.75, 3.05) is 24.6 Å². The molecule has 110 valence electrons. The second-order valence-corrected chi connectivity index (χ2v) is 5.33. The Morgan fingerprint density at radius 1 is 1.43 bits per heavy atom. The van der Waals surface area contributed by atoms with Crippen LogP contribution in [0.4, 0.5) is 5.69 Å². The highest BCUT2D eigenvalue weighted by Crippen LogP contribution is 2.28. The van der Waals surface area contributed by atoms with Gasteiger partial charge in [-0.1, -0.05) is 18.2 Å². The summed E-state index contributed by atoms with van der Waals surface area (Å²) >= 11 is 0. The number of benzene rings is 1. The SMILES string of the molecule is CC1CN(c2cc(C(=O)O)nc3ccccc23)CCCO1. The average Bonchev–Trinajstić information content (AvgIpc) is 2.70. The number of hydrogen-bond acceptors (Lipinski definition) is 4. The van der Waals surface area contributed by atoms with Crippen LogP contribution in [0.25, 0.3) is 10.9 Å². The molecule has 0 radical (unpaired) electrons. The van der Waals surface area contributed by atoms with E-state index in [1.54, 1.807) is 6.07 Å². The first kappa shape index (κ1) is 13.8. The van der Waals surface area contributed by atoms with Gasteiger partial charge in [-0.25, -0.2) is 9.78 Å². The molecule has 1 unspecified atom stereocenters. The van der Waals surface area contributed by atoms with Crippen molar-refractivity contribution >= 4 is 22.6 Å². The van der Waals surface area contributed by atoms with Crippen molar-refractivity contribution in [3.05, 3.63) is 36.0 Å². The lowest BCUT2D eigenvalue weighted by Crippen LogP contribution is -2.30. The number of carboxylic acid groups (broad SMARTS) is 1. The number of rotatable bonds is 2. The largest absolute Gasteiger partial charge is 0.477 e. The smallest absolute Gasteiger partial charge is 0.354 e. The van der Waals surface area contributed by atoms with Gasteiger partial charge in [-0.3, -0.25) is 0 Å². The summed E-state index contributed by atoms with van der Waals surface area (Å²) in [7, 11) is 0. The predicted octanol–water partition coefficient (Wildman–Crippen LogP) is 2.55. The molecule has 1 aromatic heterocycles. The van der Waals surface area contributed by atoms with E-state index in [-0.39, 0.29) is 11.8 Å². The Hall–Kier alpha value is -2.14. The molecule has 5 heteroatoms. The number of aromatic carboxylic acids is 1. The van der Waals surface area contributed by atoms with Crippen LogP contribution in [0.3, 0.4) is 0 Å². The maximum Gasteiger partial charge on any atom is 0.354 e. The maximum atomic E-state index is 11.3. The third kappa shape index (κ3) is 2.83. The molecule has 5 nitrogen and oxygen atoms in total. The van der Waals surface area contributed by atoms with Crippen LogP contribution in [-0.2, 0) is 4.74 Å². The van der Waals surface area contributed by atoms with E-state index in [1.807, 2.05) is 31.2 Å². The first-order valence-electron chi connectivity index (χ1n) is 7.15. The number of anilines is 1. The highest BCUT2D eigenvalue weighted by molar-refractivity contribution is 5.97. The molecule has 1 aliphatic rings. The zero-order chi connectivity index (χ0) is 14.8. The molecule has 3 rings (SSSR count). The Morgan fingerprint density at radius 2 is 2.24 bits per heavy atom. The fourth-order valence-electron chi connectivity index (χ4n) is 2.74. The first-order chi connectivity index (χ1) is 10.1. The maximum absolute atomic E-state index is 11.3. The molecule has 1 N–H and O–H groups in total. The molecule has 1 saturated heterocycles. The number of para-hydroxylation sites is 1. The van der Waals surface area contributed by atoms with E-state index in [1.165, 1.54) is 0 Å². The summed E-state index contributed by atoms with van der Waals surface area (Å²) in [6.07, 6.45) is 1.07. The van der Waals surface area contributed by atoms with E-state index < -0.39 is 5.97 Å². The Balaban J connectivity index is 2.12. The highest BCUT2D eigenvalue weighted by Gasteiger charge is 2.19. The fraction of sp³-hybridized carbons (Fsp3) is 0.375. The molecular formula is C16H18N2O3. The van der Waals surface area contributed by atoms with Crippen LogP contribution in [0.15, 0.2) is 30.3 Å². The second kappa shape index (κ2) is 5.69. The van der Waals surface area contributed by atoms with Gasteiger partial charge in [-0.15, -0.1) is 0 Å². The van der Waals surface area contributed by atoms with Gasteiger partial charge in [0, 0.05) is 30.8 Å². The summed E-state index contributed by atoms with van der Waals surface area (Å²) in [6, 6.07) is 9.33. The molecule has 0 aliphatic carbocycles. The monoisotopic (exact) mass is 286 g/mol. The van der Waals surface area contributed by atoms with Gasteiger partial charge in [0.15, 0.2) is 5.69 Å². The summed E-state index contributed by atoms with van der Waals surface area (Å²) in [4.78, 5) is 17.7. The van der Waals surface area contributed by atoms with Gasteiger partial charge in [-0.05, 0) is 25.5 Å². The third-order valence-electron chi connectivity index (χ3n) is 3.71. The lowest BCUT2D eigenvalue weighted by atomic mass is 10.1. The molecule has 1 fully saturated rings. The van der Waals surface area contributed by atoms with Crippen LogP contribution in [0, 0.1) is 0 Å². The Kier molecular flexibility index (Phi) is 3.75. The number of ether oxygens (including phenoxy) is 1. The van der Waals surface area contributed by atoms with E-state index in [2.05, 4.69) is 9.88 Å². The number of carbonyl (C=O) groups is 1. The summed E-state index contributed by atoms with van der Waals surface area (Å²) in [6.45, 7) is 4.40. The van der Waals surface area contributed by atoms with Crippen LogP contribution in [0.1, 0.15) is 23.8 Å². The standard InChI is InChI=1S/C16H18N2O3/c1-11-10-18(7-4-8-21-11)15-9-14(16(19)20)17-13-6-3-2-5-12(13)15/h2-3,5-6,9,11H,4,7-8,10H2,1H3,(H,19,20). The number of nitrogens with zero attached hydrogens (tertiary/aromatic N) is 2. The Bertz CT molecular complexity index is 672. The van der Waals surface area contributed by atoms with E-state index in [9.17, 15) is 9.90 Å². The third-order valence-corrected chi connectivity index (χ3v) is 3.71. The lowest BCUT2D eigenvalue weighted by Gasteiger charge is -2.26. The molecule has 1 atom stereocenters. The summed E-state index contributed by atoms with van der Waals surface area (Å²) < 4.78 is 5.67. The quantitative estimate of drug-likeness (QED) is 0.919. The van der Waals surface area contributed by atoms with Gasteiger partial charge in [0.05, 0.1) is 11.6 Å². The van der Waals surface area contributed by atoms with Gasteiger partial charge in [-0.2, -0.15) is 0 Å². The molecule has 2 heterocycles. The van der Waals surface area contributed by atoms with Crippen LogP contribution in [-0.4, -0.2) is 41.9 Å². The normalized spacial score (nSPS) is 19.5. The molecule has 1 aromatic carbocycles. The zero-order valence-corrected chi connectivity index (χ0v) is 12.0. The van der Waals surface area contributed by atoms with E-state index in [0.717, 1.165) is 37.2 Å². The number of fused-ring (bicyclic) bond motifs is 1. The Labute approximate surface area is 123 Å². The van der Waals surface area contributed by atoms with Gasteiger partial charge in [0.2, 0.25) is 0 Å². The number of aromatic nitrogens is 1. The minimum absolute atomic E-state index is 0.0847. The molecule has 1 aliphatic heterocycles. The molecule has 21 heavy (non-hydrogen) atoms. The van der Waals surface area contributed by atoms with Crippen LogP contribution >= 0.6 is 0 Å². The van der Waals surface area contributed by atoms with Gasteiger partial charge < -0.3 is 14.7 Å². The molecule has 2 aromatic rings. The molecule has 0 amide bonds. The highest BCUT2D eigenvalue weighted by atomic mass is 16.5. The van der Waals surface area contributed by atoms with Gasteiger partial charge in [0.25, 0.3) is 0 Å². The van der Waals surface area contributed by atoms with Crippen LogP contribution < -0.4 is 4.90 Å². The number of pyridine rings is 1. The minimum Gasteiger partial charge on any atom is -0.477 e. The minimum atomic E-state index is -0.999. The first-order valence-corrected chi connectivity index (χ1v) is 7.15.